The van der Waals surface area contributed by atoms with E-state index in [9.17, 15) is 5.26 Å². The number of hydrogen-bond acceptors (Lipinski definition) is 4. The molecule has 0 spiro atoms. The first-order valence-electron chi connectivity index (χ1n) is 24.5. The van der Waals surface area contributed by atoms with Crippen molar-refractivity contribution in [3.8, 4) is 129 Å². The molecule has 0 amide bonds. The molecule has 0 bridgehead atoms. The summed E-state index contributed by atoms with van der Waals surface area (Å²) < 4.78 is 0. The number of hydrogen-bond donors (Lipinski definition) is 0. The van der Waals surface area contributed by atoms with Gasteiger partial charge in [-0.15, -0.1) is 102 Å². The van der Waals surface area contributed by atoms with E-state index in [1.165, 1.54) is 0 Å². The van der Waals surface area contributed by atoms with Gasteiger partial charge in [0.05, 0.1) is 6.07 Å². The van der Waals surface area contributed by atoms with Gasteiger partial charge in [0.1, 0.15) is 0 Å². The molecule has 0 N–H and O–H groups in total. The second kappa shape index (κ2) is 21.7. The van der Waals surface area contributed by atoms with Crippen LogP contribution in [0.15, 0.2) is 261 Å². The smallest absolute Gasteiger partial charge is 0.304 e. The van der Waals surface area contributed by atoms with Crippen molar-refractivity contribution in [1.82, 2.24) is 15.0 Å². The van der Waals surface area contributed by atoms with Gasteiger partial charge in [0, 0.05) is 24.2 Å². The van der Waals surface area contributed by atoms with E-state index in [0.29, 0.717) is 5.56 Å². The largest absolute Gasteiger partial charge is 3.00 e. The van der Waals surface area contributed by atoms with Gasteiger partial charge < -0.3 is 15.0 Å². The quantitative estimate of drug-likeness (QED) is 0.121. The summed E-state index contributed by atoms with van der Waals surface area (Å²) in [6, 6.07) is 96.0. The summed E-state index contributed by atoms with van der Waals surface area (Å²) in [4.78, 5) is 15.0. The first-order valence-corrected chi connectivity index (χ1v) is 24.5. The van der Waals surface area contributed by atoms with Crippen molar-refractivity contribution >= 4 is 0 Å². The number of nitrogens with zero attached hydrogens (tertiary/aromatic N) is 4. The van der Waals surface area contributed by atoms with Crippen molar-refractivity contribution in [2.24, 2.45) is 0 Å². The number of nitriles is 1. The summed E-state index contributed by atoms with van der Waals surface area (Å²) in [6.07, 6.45) is 5.91. The van der Waals surface area contributed by atoms with E-state index >= 15 is 0 Å². The molecular weight excluding hydrogens is 1090 g/mol. The Morgan fingerprint density at radius 3 is 1.20 bits per heavy atom. The summed E-state index contributed by atoms with van der Waals surface area (Å²) in [6.45, 7) is 0. The summed E-state index contributed by atoms with van der Waals surface area (Å²) in [7, 11) is 0. The SMILES string of the molecule is N#Cc1cc[c-]c(-c2cc(-c3ccc(-c4ccccc4)cc3)c(-c3ccccc3-c3cc(-c4ccccc4-c4ccc(-c5[c-]cccc5)nc4)cc(-c4ccccc4-c4ccc(-c5[c-]cccc5)nc4)c3)cn2)c1.[Ir+3]. The summed E-state index contributed by atoms with van der Waals surface area (Å²) in [5.74, 6) is 0. The third kappa shape index (κ3) is 10.1. The van der Waals surface area contributed by atoms with Crippen LogP contribution in [0.2, 0.25) is 0 Å². The minimum absolute atomic E-state index is 0. The van der Waals surface area contributed by atoms with Crippen LogP contribution < -0.4 is 0 Å². The molecule has 352 valence electrons. The van der Waals surface area contributed by atoms with Gasteiger partial charge in [-0.25, -0.2) is 0 Å². The van der Waals surface area contributed by atoms with Gasteiger partial charge in [-0.05, 0) is 124 Å². The van der Waals surface area contributed by atoms with Crippen LogP contribution in [0.4, 0.5) is 0 Å². The molecular formula is C70H43IrN4. The number of aromatic nitrogens is 3. The molecule has 0 radical (unpaired) electrons. The molecule has 5 heteroatoms. The van der Waals surface area contributed by atoms with Crippen LogP contribution in [0.3, 0.4) is 0 Å². The van der Waals surface area contributed by atoms with Crippen molar-refractivity contribution in [2.75, 3.05) is 0 Å². The topological polar surface area (TPSA) is 62.5 Å². The number of pyridine rings is 3. The Kier molecular flexibility index (Phi) is 13.9. The van der Waals surface area contributed by atoms with Gasteiger partial charge in [0.15, 0.2) is 0 Å². The van der Waals surface area contributed by atoms with Gasteiger partial charge >= 0.3 is 20.1 Å². The Morgan fingerprint density at radius 2 is 0.707 bits per heavy atom. The number of benzene rings is 9. The van der Waals surface area contributed by atoms with E-state index in [4.69, 9.17) is 15.0 Å². The zero-order chi connectivity index (χ0) is 49.6. The van der Waals surface area contributed by atoms with Gasteiger partial charge in [0.2, 0.25) is 0 Å². The molecule has 12 aromatic rings. The molecule has 75 heavy (non-hydrogen) atoms. The third-order valence-electron chi connectivity index (χ3n) is 13.5. The Bertz CT molecular complexity index is 3840. The zero-order valence-electron chi connectivity index (χ0n) is 40.4. The van der Waals surface area contributed by atoms with Crippen LogP contribution in [-0.4, -0.2) is 15.0 Å². The molecule has 0 unspecified atom stereocenters. The van der Waals surface area contributed by atoms with Crippen molar-refractivity contribution in [2.45, 2.75) is 0 Å². The first-order chi connectivity index (χ1) is 36.6. The average molecular weight is 1130 g/mol. The molecule has 3 heterocycles. The fourth-order valence-electron chi connectivity index (χ4n) is 9.78. The maximum Gasteiger partial charge on any atom is 3.00 e. The van der Waals surface area contributed by atoms with Gasteiger partial charge in [-0.1, -0.05) is 158 Å². The fraction of sp³-hybridized carbons (Fsp3) is 0. The van der Waals surface area contributed by atoms with Crippen LogP contribution >= 0.6 is 0 Å². The van der Waals surface area contributed by atoms with Crippen molar-refractivity contribution in [3.63, 3.8) is 0 Å². The van der Waals surface area contributed by atoms with Crippen molar-refractivity contribution in [3.05, 3.63) is 285 Å². The van der Waals surface area contributed by atoms with Crippen LogP contribution in [-0.2, 0) is 20.1 Å². The normalized spacial score (nSPS) is 10.8. The van der Waals surface area contributed by atoms with Gasteiger partial charge in [0.25, 0.3) is 0 Å². The first kappa shape index (κ1) is 47.9. The molecule has 0 aliphatic rings. The van der Waals surface area contributed by atoms with E-state index in [0.717, 1.165) is 123 Å². The van der Waals surface area contributed by atoms with E-state index < -0.39 is 0 Å². The molecule has 0 saturated carbocycles. The molecule has 0 saturated heterocycles. The molecule has 9 aromatic carbocycles. The maximum absolute atomic E-state index is 9.83. The standard InChI is InChI=1S/C70H43N4.Ir/c71-44-48-17-16-24-54(39-48)70-43-66(51-33-31-50(32-34-51)49-18-4-1-5-19-49)67(47-74-70)65-30-15-14-29-64(65)59-41-57(62-27-12-10-25-60(62)55-35-37-68(72-45-55)52-20-6-2-7-21-52)40-58(42-59)63-28-13-11-26-61(63)56-36-38-69(73-46-56)53-22-8-3-9-23-53;/h1-20,22,25-43,45-47H;/q-3;+3. The Balaban J connectivity index is 0.00000602. The van der Waals surface area contributed by atoms with Crippen molar-refractivity contribution in [1.29, 1.82) is 5.26 Å². The number of rotatable bonds is 11. The van der Waals surface area contributed by atoms with E-state index in [1.807, 2.05) is 79.3 Å². The molecule has 0 aliphatic heterocycles. The molecule has 0 atom stereocenters. The summed E-state index contributed by atoms with van der Waals surface area (Å²) in [5, 5.41) is 9.83. The Labute approximate surface area is 451 Å². The maximum atomic E-state index is 9.83. The second-order valence-corrected chi connectivity index (χ2v) is 18.0. The monoisotopic (exact) mass is 1130 g/mol. The Hall–Kier alpha value is -9.43. The van der Waals surface area contributed by atoms with E-state index in [1.54, 1.807) is 12.1 Å². The van der Waals surface area contributed by atoms with Crippen LogP contribution in [0.25, 0.3) is 123 Å². The minimum atomic E-state index is 0. The van der Waals surface area contributed by atoms with Gasteiger partial charge in [-0.2, -0.15) is 5.26 Å². The predicted molar refractivity (Wildman–Crippen MR) is 301 cm³/mol. The van der Waals surface area contributed by atoms with E-state index in [-0.39, 0.29) is 20.1 Å². The van der Waals surface area contributed by atoms with Crippen LogP contribution in [0.1, 0.15) is 5.56 Å². The molecule has 0 fully saturated rings. The van der Waals surface area contributed by atoms with Crippen LogP contribution in [0.5, 0.6) is 0 Å². The van der Waals surface area contributed by atoms with E-state index in [2.05, 4.69) is 194 Å². The summed E-state index contributed by atoms with van der Waals surface area (Å²) >= 11 is 0. The minimum Gasteiger partial charge on any atom is -0.304 e. The second-order valence-electron chi connectivity index (χ2n) is 18.0. The molecule has 4 nitrogen and oxygen atoms in total. The molecule has 0 aliphatic carbocycles. The molecule has 3 aromatic heterocycles. The Morgan fingerprint density at radius 1 is 0.280 bits per heavy atom. The summed E-state index contributed by atoms with van der Waals surface area (Å²) in [5.41, 5.74) is 22.6. The van der Waals surface area contributed by atoms with Crippen LogP contribution in [0, 0.1) is 29.5 Å². The molecule has 12 rings (SSSR count). The third-order valence-corrected chi connectivity index (χ3v) is 13.5. The predicted octanol–water partition coefficient (Wildman–Crippen LogP) is 17.5. The van der Waals surface area contributed by atoms with Gasteiger partial charge in [-0.3, -0.25) is 0 Å². The average Bonchev–Trinajstić information content (AvgIpc) is 3.50. The fourth-order valence-corrected chi connectivity index (χ4v) is 9.78. The van der Waals surface area contributed by atoms with Crippen molar-refractivity contribution < 1.29 is 20.1 Å². The zero-order valence-corrected chi connectivity index (χ0v) is 42.8.